The van der Waals surface area contributed by atoms with Crippen LogP contribution >= 0.6 is 0 Å². The van der Waals surface area contributed by atoms with E-state index in [1.807, 2.05) is 0 Å². The van der Waals surface area contributed by atoms with Crippen LogP contribution in [0.15, 0.2) is 11.6 Å². The Morgan fingerprint density at radius 2 is 2.31 bits per heavy atom. The van der Waals surface area contributed by atoms with Crippen LogP contribution in [0.3, 0.4) is 0 Å². The molecule has 1 rings (SSSR count). The molecule has 1 atom stereocenters. The Kier molecular flexibility index (Phi) is 2.79. The van der Waals surface area contributed by atoms with Crippen LogP contribution in [-0.2, 0) is 14.4 Å². The summed E-state index contributed by atoms with van der Waals surface area (Å²) in [6, 6.07) is 0. The van der Waals surface area contributed by atoms with Crippen LogP contribution < -0.4 is 5.84 Å². The van der Waals surface area contributed by atoms with Crippen molar-refractivity contribution in [2.45, 2.75) is 13.8 Å². The van der Waals surface area contributed by atoms with Gasteiger partial charge in [-0.1, -0.05) is 5.57 Å². The molecule has 0 aliphatic carbocycles. The van der Waals surface area contributed by atoms with Crippen molar-refractivity contribution in [3.8, 4) is 0 Å². The van der Waals surface area contributed by atoms with Gasteiger partial charge in [-0.2, -0.15) is 5.17 Å². The van der Waals surface area contributed by atoms with Crippen molar-refractivity contribution in [2.75, 3.05) is 6.61 Å². The second-order valence-corrected chi connectivity index (χ2v) is 3.01. The van der Waals surface area contributed by atoms with Crippen molar-refractivity contribution >= 4 is 11.7 Å². The molecule has 1 aliphatic rings. The zero-order valence-corrected chi connectivity index (χ0v) is 7.61. The minimum atomic E-state index is -0.408. The van der Waals surface area contributed by atoms with Crippen LogP contribution in [0, 0.1) is 5.92 Å². The van der Waals surface area contributed by atoms with E-state index in [1.54, 1.807) is 6.92 Å². The molecule has 1 fully saturated rings. The van der Waals surface area contributed by atoms with Gasteiger partial charge >= 0.3 is 0 Å². The Labute approximate surface area is 76.1 Å². The number of carbonyl (C=O) groups is 2. The number of hydrogen-bond acceptors (Lipinski definition) is 4. The van der Waals surface area contributed by atoms with Crippen LogP contribution in [-0.4, -0.2) is 23.5 Å². The molecule has 1 amide bonds. The third-order valence-corrected chi connectivity index (χ3v) is 1.88. The minimum Gasteiger partial charge on any atom is -0.295 e. The van der Waals surface area contributed by atoms with Gasteiger partial charge < -0.3 is 0 Å². The molecule has 0 radical (unpaired) electrons. The van der Waals surface area contributed by atoms with Gasteiger partial charge in [0.05, 0.1) is 12.5 Å². The van der Waals surface area contributed by atoms with Crippen LogP contribution in [0.5, 0.6) is 0 Å². The van der Waals surface area contributed by atoms with Crippen molar-refractivity contribution in [3.05, 3.63) is 11.6 Å². The van der Waals surface area contributed by atoms with Crippen LogP contribution in [0.25, 0.3) is 0 Å². The first-order chi connectivity index (χ1) is 6.02. The molecule has 0 bridgehead atoms. The molecule has 1 saturated heterocycles. The number of nitrogens with zero attached hydrogens (tertiary/aromatic N) is 1. The van der Waals surface area contributed by atoms with Gasteiger partial charge in [0.25, 0.3) is 5.91 Å². The number of nitrogens with two attached hydrogens (primary N) is 1. The zero-order chi connectivity index (χ0) is 10.0. The summed E-state index contributed by atoms with van der Waals surface area (Å²) in [5, 5.41) is 0.710. The predicted molar refractivity (Wildman–Crippen MR) is 44.9 cm³/mol. The monoisotopic (exact) mass is 184 g/mol. The SMILES string of the molecule is CC(=O)C=C(C)C1CON(N)C1=O. The molecular weight excluding hydrogens is 172 g/mol. The van der Waals surface area contributed by atoms with Gasteiger partial charge in [-0.25, -0.2) is 5.84 Å². The topological polar surface area (TPSA) is 72.6 Å². The molecule has 1 aliphatic heterocycles. The summed E-state index contributed by atoms with van der Waals surface area (Å²) in [5.41, 5.74) is 0.686. The van der Waals surface area contributed by atoms with Crippen molar-refractivity contribution in [3.63, 3.8) is 0 Å². The highest BCUT2D eigenvalue weighted by atomic mass is 16.7. The Morgan fingerprint density at radius 1 is 1.69 bits per heavy atom. The summed E-state index contributed by atoms with van der Waals surface area (Å²) in [6.45, 7) is 3.36. The number of ketones is 1. The smallest absolute Gasteiger partial charge is 0.270 e. The molecule has 5 heteroatoms. The second kappa shape index (κ2) is 3.68. The summed E-state index contributed by atoms with van der Waals surface area (Å²) in [5.74, 6) is 4.39. The Hall–Kier alpha value is -1.20. The highest BCUT2D eigenvalue weighted by Crippen LogP contribution is 2.19. The molecule has 72 valence electrons. The van der Waals surface area contributed by atoms with Crippen LogP contribution in [0.1, 0.15) is 13.8 Å². The number of hydrogen-bond donors (Lipinski definition) is 1. The van der Waals surface area contributed by atoms with E-state index >= 15 is 0 Å². The average Bonchev–Trinajstić information content (AvgIpc) is 2.31. The standard InChI is InChI=1S/C8H12N2O3/c1-5(3-6(2)11)7-4-13-10(9)8(7)12/h3,7H,4,9H2,1-2H3. The van der Waals surface area contributed by atoms with Gasteiger partial charge in [-0.3, -0.25) is 14.4 Å². The fraction of sp³-hybridized carbons (Fsp3) is 0.500. The van der Waals surface area contributed by atoms with Gasteiger partial charge in [-0.15, -0.1) is 0 Å². The second-order valence-electron chi connectivity index (χ2n) is 3.01. The lowest BCUT2D eigenvalue weighted by molar-refractivity contribution is -0.162. The Balaban J connectivity index is 2.74. The van der Waals surface area contributed by atoms with E-state index in [2.05, 4.69) is 0 Å². The molecule has 2 N–H and O–H groups in total. The van der Waals surface area contributed by atoms with Crippen molar-refractivity contribution < 1.29 is 14.4 Å². The maximum atomic E-state index is 11.3. The predicted octanol–water partition coefficient (Wildman–Crippen LogP) is -0.215. The highest BCUT2D eigenvalue weighted by molar-refractivity contribution is 5.90. The van der Waals surface area contributed by atoms with E-state index in [0.717, 1.165) is 0 Å². The third kappa shape index (κ3) is 2.13. The molecule has 1 heterocycles. The van der Waals surface area contributed by atoms with Crippen molar-refractivity contribution in [2.24, 2.45) is 11.8 Å². The number of allylic oxidation sites excluding steroid dienone is 1. The number of hydroxylamine groups is 1. The molecular formula is C8H12N2O3. The molecule has 13 heavy (non-hydrogen) atoms. The van der Waals surface area contributed by atoms with Crippen LogP contribution in [0.4, 0.5) is 0 Å². The lowest BCUT2D eigenvalue weighted by Gasteiger charge is -2.06. The molecule has 0 aromatic rings. The van der Waals surface area contributed by atoms with Gasteiger partial charge in [0.1, 0.15) is 0 Å². The van der Waals surface area contributed by atoms with Crippen molar-refractivity contribution in [1.29, 1.82) is 0 Å². The number of rotatable bonds is 2. The first kappa shape index (κ1) is 9.88. The largest absolute Gasteiger partial charge is 0.295 e. The molecule has 0 aromatic heterocycles. The van der Waals surface area contributed by atoms with E-state index in [0.29, 0.717) is 10.7 Å². The summed E-state index contributed by atoms with van der Waals surface area (Å²) < 4.78 is 0. The zero-order valence-electron chi connectivity index (χ0n) is 7.61. The molecule has 1 unspecified atom stereocenters. The lowest BCUT2D eigenvalue weighted by atomic mass is 10.0. The Morgan fingerprint density at radius 3 is 2.69 bits per heavy atom. The fourth-order valence-electron chi connectivity index (χ4n) is 1.19. The lowest BCUT2D eigenvalue weighted by Crippen LogP contribution is -2.32. The van der Waals surface area contributed by atoms with E-state index in [1.165, 1.54) is 13.0 Å². The van der Waals surface area contributed by atoms with Crippen LogP contribution in [0.2, 0.25) is 0 Å². The molecule has 0 spiro atoms. The number of carbonyl (C=O) groups excluding carboxylic acids is 2. The maximum Gasteiger partial charge on any atom is 0.270 e. The summed E-state index contributed by atoms with van der Waals surface area (Å²) in [7, 11) is 0. The average molecular weight is 184 g/mol. The number of hydrazine groups is 1. The Bertz CT molecular complexity index is 273. The fourth-order valence-corrected chi connectivity index (χ4v) is 1.19. The van der Waals surface area contributed by atoms with E-state index in [-0.39, 0.29) is 18.3 Å². The first-order valence-electron chi connectivity index (χ1n) is 3.92. The quantitative estimate of drug-likeness (QED) is 0.366. The van der Waals surface area contributed by atoms with Gasteiger partial charge in [0.2, 0.25) is 0 Å². The summed E-state index contributed by atoms with van der Waals surface area (Å²) >= 11 is 0. The molecule has 0 saturated carbocycles. The van der Waals surface area contributed by atoms with E-state index < -0.39 is 5.92 Å². The van der Waals surface area contributed by atoms with Gasteiger partial charge in [0, 0.05) is 0 Å². The van der Waals surface area contributed by atoms with Gasteiger partial charge in [0.15, 0.2) is 5.78 Å². The summed E-state index contributed by atoms with van der Waals surface area (Å²) in [4.78, 5) is 26.8. The van der Waals surface area contributed by atoms with Gasteiger partial charge in [-0.05, 0) is 19.9 Å². The third-order valence-electron chi connectivity index (χ3n) is 1.88. The number of amides is 1. The minimum absolute atomic E-state index is 0.0826. The first-order valence-corrected chi connectivity index (χ1v) is 3.92. The van der Waals surface area contributed by atoms with E-state index in [9.17, 15) is 9.59 Å². The normalized spacial score (nSPS) is 23.9. The molecule has 5 nitrogen and oxygen atoms in total. The van der Waals surface area contributed by atoms with Crippen molar-refractivity contribution in [1.82, 2.24) is 5.17 Å². The van der Waals surface area contributed by atoms with E-state index in [4.69, 9.17) is 10.7 Å². The highest BCUT2D eigenvalue weighted by Gasteiger charge is 2.32. The summed E-state index contributed by atoms with van der Waals surface area (Å²) in [6.07, 6.45) is 1.42. The maximum absolute atomic E-state index is 11.3. The molecule has 0 aromatic carbocycles.